The molecule has 0 aromatic rings. The third-order valence-electron chi connectivity index (χ3n) is 3.05. The van der Waals surface area contributed by atoms with Crippen molar-refractivity contribution >= 4 is 0 Å². The lowest BCUT2D eigenvalue weighted by molar-refractivity contribution is 0.248. The SMILES string of the molecule is C=C1C(C)C(C)C(=C)N1C(C)(C)C. The molecule has 1 aliphatic rings. The number of hydrogen-bond acceptors (Lipinski definition) is 1. The summed E-state index contributed by atoms with van der Waals surface area (Å²) in [4.78, 5) is 2.28. The molecule has 2 unspecified atom stereocenters. The third kappa shape index (κ3) is 1.52. The summed E-state index contributed by atoms with van der Waals surface area (Å²) in [5, 5.41) is 0. The van der Waals surface area contributed by atoms with Crippen LogP contribution in [0.1, 0.15) is 34.6 Å². The molecule has 1 nitrogen and oxygen atoms in total. The smallest absolute Gasteiger partial charge is 0.0360 e. The van der Waals surface area contributed by atoms with Gasteiger partial charge in [0, 0.05) is 28.8 Å². The van der Waals surface area contributed by atoms with Gasteiger partial charge in [0.25, 0.3) is 0 Å². The highest BCUT2D eigenvalue weighted by atomic mass is 15.2. The summed E-state index contributed by atoms with van der Waals surface area (Å²) in [6, 6.07) is 0. The molecule has 0 radical (unpaired) electrons. The molecule has 13 heavy (non-hydrogen) atoms. The van der Waals surface area contributed by atoms with E-state index < -0.39 is 0 Å². The fourth-order valence-electron chi connectivity index (χ4n) is 2.03. The fraction of sp³-hybridized carbons (Fsp3) is 0.667. The predicted octanol–water partition coefficient (Wildman–Crippen LogP) is 3.40. The normalized spacial score (nSPS) is 30.1. The molecule has 0 amide bonds. The molecular weight excluding hydrogens is 158 g/mol. The van der Waals surface area contributed by atoms with Gasteiger partial charge in [-0.1, -0.05) is 27.0 Å². The first-order chi connectivity index (χ1) is 5.76. The Balaban J connectivity index is 3.02. The molecule has 1 fully saturated rings. The van der Waals surface area contributed by atoms with E-state index in [0.29, 0.717) is 11.8 Å². The average Bonchev–Trinajstić information content (AvgIpc) is 2.14. The van der Waals surface area contributed by atoms with Gasteiger partial charge in [-0.3, -0.25) is 0 Å². The van der Waals surface area contributed by atoms with Gasteiger partial charge < -0.3 is 4.90 Å². The Morgan fingerprint density at radius 2 is 1.31 bits per heavy atom. The fourth-order valence-corrected chi connectivity index (χ4v) is 2.03. The van der Waals surface area contributed by atoms with Crippen LogP contribution in [0.2, 0.25) is 0 Å². The molecule has 0 bridgehead atoms. The third-order valence-corrected chi connectivity index (χ3v) is 3.05. The van der Waals surface area contributed by atoms with E-state index in [1.54, 1.807) is 0 Å². The number of rotatable bonds is 0. The van der Waals surface area contributed by atoms with Crippen molar-refractivity contribution in [3.63, 3.8) is 0 Å². The minimum absolute atomic E-state index is 0.118. The van der Waals surface area contributed by atoms with E-state index in [4.69, 9.17) is 0 Å². The van der Waals surface area contributed by atoms with Gasteiger partial charge in [0.05, 0.1) is 0 Å². The van der Waals surface area contributed by atoms with Crippen LogP contribution in [0.15, 0.2) is 24.6 Å². The van der Waals surface area contributed by atoms with Gasteiger partial charge in [-0.2, -0.15) is 0 Å². The van der Waals surface area contributed by atoms with Crippen molar-refractivity contribution < 1.29 is 0 Å². The Bertz CT molecular complexity index is 224. The second-order valence-electron chi connectivity index (χ2n) is 5.07. The molecule has 2 atom stereocenters. The van der Waals surface area contributed by atoms with Crippen LogP contribution in [-0.2, 0) is 0 Å². The summed E-state index contributed by atoms with van der Waals surface area (Å²) in [5.41, 5.74) is 2.54. The Hall–Kier alpha value is -0.720. The first-order valence-electron chi connectivity index (χ1n) is 4.94. The molecule has 0 spiro atoms. The number of hydrogen-bond donors (Lipinski definition) is 0. The maximum absolute atomic E-state index is 4.15. The molecule has 1 rings (SSSR count). The van der Waals surface area contributed by atoms with Crippen molar-refractivity contribution in [3.8, 4) is 0 Å². The van der Waals surface area contributed by atoms with Crippen LogP contribution in [0.4, 0.5) is 0 Å². The molecule has 1 saturated heterocycles. The summed E-state index contributed by atoms with van der Waals surface area (Å²) in [7, 11) is 0. The van der Waals surface area contributed by atoms with E-state index >= 15 is 0 Å². The maximum Gasteiger partial charge on any atom is 0.0360 e. The second kappa shape index (κ2) is 2.90. The van der Waals surface area contributed by atoms with Gasteiger partial charge in [0.1, 0.15) is 0 Å². The first-order valence-corrected chi connectivity index (χ1v) is 4.94. The van der Waals surface area contributed by atoms with Gasteiger partial charge in [0.2, 0.25) is 0 Å². The summed E-state index contributed by atoms with van der Waals surface area (Å²) >= 11 is 0. The highest BCUT2D eigenvalue weighted by Crippen LogP contribution is 2.42. The van der Waals surface area contributed by atoms with Crippen LogP contribution >= 0.6 is 0 Å². The maximum atomic E-state index is 4.15. The molecule has 1 heterocycles. The lowest BCUT2D eigenvalue weighted by Crippen LogP contribution is -2.36. The van der Waals surface area contributed by atoms with Crippen molar-refractivity contribution in [2.75, 3.05) is 0 Å². The zero-order chi connectivity index (χ0) is 10.4. The van der Waals surface area contributed by atoms with Crippen molar-refractivity contribution in [1.82, 2.24) is 4.90 Å². The van der Waals surface area contributed by atoms with Crippen LogP contribution < -0.4 is 0 Å². The number of nitrogens with zero attached hydrogens (tertiary/aromatic N) is 1. The largest absolute Gasteiger partial charge is 0.344 e. The summed E-state index contributed by atoms with van der Waals surface area (Å²) in [6.45, 7) is 19.4. The highest BCUT2D eigenvalue weighted by molar-refractivity contribution is 5.25. The molecule has 0 aromatic carbocycles. The van der Waals surface area contributed by atoms with E-state index in [0.717, 1.165) is 0 Å². The Morgan fingerprint density at radius 1 is 1.00 bits per heavy atom. The molecular formula is C12H21N. The average molecular weight is 179 g/mol. The van der Waals surface area contributed by atoms with Crippen LogP contribution in [0.25, 0.3) is 0 Å². The van der Waals surface area contributed by atoms with Crippen LogP contribution in [0.3, 0.4) is 0 Å². The van der Waals surface area contributed by atoms with E-state index in [2.05, 4.69) is 52.7 Å². The highest BCUT2D eigenvalue weighted by Gasteiger charge is 2.38. The quantitative estimate of drug-likeness (QED) is 0.551. The molecule has 0 aromatic heterocycles. The molecule has 1 heteroatoms. The first kappa shape index (κ1) is 10.4. The number of allylic oxidation sites excluding steroid dienone is 2. The lowest BCUT2D eigenvalue weighted by Gasteiger charge is -2.36. The van der Waals surface area contributed by atoms with Crippen molar-refractivity contribution in [2.45, 2.75) is 40.2 Å². The van der Waals surface area contributed by atoms with Crippen molar-refractivity contribution in [2.24, 2.45) is 11.8 Å². The minimum atomic E-state index is 0.118. The van der Waals surface area contributed by atoms with Crippen molar-refractivity contribution in [1.29, 1.82) is 0 Å². The number of likely N-dealkylation sites (tertiary alicyclic amines) is 1. The van der Waals surface area contributed by atoms with Crippen molar-refractivity contribution in [3.05, 3.63) is 24.6 Å². The summed E-state index contributed by atoms with van der Waals surface area (Å²) in [5.74, 6) is 1.07. The van der Waals surface area contributed by atoms with Crippen LogP contribution in [-0.4, -0.2) is 10.4 Å². The van der Waals surface area contributed by atoms with E-state index in [1.807, 2.05) is 0 Å². The minimum Gasteiger partial charge on any atom is -0.344 e. The molecule has 1 aliphatic heterocycles. The van der Waals surface area contributed by atoms with Gasteiger partial charge in [0.15, 0.2) is 0 Å². The van der Waals surface area contributed by atoms with Crippen LogP contribution in [0.5, 0.6) is 0 Å². The molecule has 0 aliphatic carbocycles. The van der Waals surface area contributed by atoms with Gasteiger partial charge in [-0.15, -0.1) is 0 Å². The molecule has 0 N–H and O–H groups in total. The topological polar surface area (TPSA) is 3.24 Å². The van der Waals surface area contributed by atoms with Gasteiger partial charge >= 0.3 is 0 Å². The molecule has 0 saturated carbocycles. The Kier molecular flexibility index (Phi) is 2.31. The van der Waals surface area contributed by atoms with E-state index in [9.17, 15) is 0 Å². The summed E-state index contributed by atoms with van der Waals surface area (Å²) in [6.07, 6.45) is 0. The van der Waals surface area contributed by atoms with Gasteiger partial charge in [-0.05, 0) is 20.8 Å². The van der Waals surface area contributed by atoms with Gasteiger partial charge in [-0.25, -0.2) is 0 Å². The second-order valence-corrected chi connectivity index (χ2v) is 5.07. The monoisotopic (exact) mass is 179 g/mol. The Labute approximate surface area is 82.1 Å². The zero-order valence-corrected chi connectivity index (χ0v) is 9.52. The zero-order valence-electron chi connectivity index (χ0n) is 9.52. The van der Waals surface area contributed by atoms with Crippen LogP contribution in [0, 0.1) is 11.8 Å². The van der Waals surface area contributed by atoms with E-state index in [1.165, 1.54) is 11.4 Å². The lowest BCUT2D eigenvalue weighted by atomic mass is 9.97. The predicted molar refractivity (Wildman–Crippen MR) is 58.2 cm³/mol. The van der Waals surface area contributed by atoms with E-state index in [-0.39, 0.29) is 5.54 Å². The Morgan fingerprint density at radius 3 is 1.46 bits per heavy atom. The standard InChI is InChI=1S/C12H21N/c1-8-9(2)11(4)13(10(8)3)12(5,6)7/h8-9H,3-4H2,1-2,5-7H3. The summed E-state index contributed by atoms with van der Waals surface area (Å²) < 4.78 is 0. The molecule has 74 valence electrons.